The number of fused-ring (bicyclic) bond motifs is 2. The highest BCUT2D eigenvalue weighted by molar-refractivity contribution is 7.16. The zero-order valence-electron chi connectivity index (χ0n) is 10.2. The summed E-state index contributed by atoms with van der Waals surface area (Å²) >= 11 is 1.63. The highest BCUT2D eigenvalue weighted by Gasteiger charge is 2.17. The van der Waals surface area contributed by atoms with Crippen molar-refractivity contribution in [1.29, 1.82) is 0 Å². The molecule has 0 saturated carbocycles. The molecule has 1 aliphatic rings. The zero-order chi connectivity index (χ0) is 12.7. The van der Waals surface area contributed by atoms with Crippen molar-refractivity contribution < 1.29 is 4.39 Å². The maximum Gasteiger partial charge on any atom is 0.134 e. The number of amidine groups is 1. The first-order chi connectivity index (χ1) is 8.67. The van der Waals surface area contributed by atoms with Gasteiger partial charge in [0.05, 0.1) is 16.9 Å². The Balaban J connectivity index is 0.00000133. The van der Waals surface area contributed by atoms with Crippen LogP contribution in [0.25, 0.3) is 0 Å². The van der Waals surface area contributed by atoms with Crippen molar-refractivity contribution in [2.45, 2.75) is 13.3 Å². The van der Waals surface area contributed by atoms with Crippen molar-refractivity contribution >= 4 is 46.0 Å². The van der Waals surface area contributed by atoms with E-state index in [0.29, 0.717) is 17.2 Å². The molecule has 0 amide bonds. The number of hydrogen-bond donors (Lipinski definition) is 2. The standard InChI is InChI=1S/C13H12FN3S.ClH/c1-2-8-6-9-12(15)16-10-4-3-7(14)5-11(10)17-13(9)18-8;/h3-6,17H,2H2,1H3,(H2,15,16);1H. The van der Waals surface area contributed by atoms with Crippen molar-refractivity contribution in [2.75, 3.05) is 5.32 Å². The van der Waals surface area contributed by atoms with Crippen LogP contribution < -0.4 is 11.1 Å². The normalized spacial score (nSPS) is 12.4. The molecule has 0 atom stereocenters. The van der Waals surface area contributed by atoms with Gasteiger partial charge in [-0.2, -0.15) is 0 Å². The van der Waals surface area contributed by atoms with E-state index in [1.54, 1.807) is 17.4 Å². The average molecular weight is 298 g/mol. The maximum absolute atomic E-state index is 13.3. The van der Waals surface area contributed by atoms with Crippen LogP contribution in [0.3, 0.4) is 0 Å². The second-order valence-corrected chi connectivity index (χ2v) is 5.23. The molecule has 3 rings (SSSR count). The molecule has 1 aliphatic heterocycles. The van der Waals surface area contributed by atoms with Gasteiger partial charge in [-0.15, -0.1) is 23.7 Å². The van der Waals surface area contributed by atoms with Crippen LogP contribution in [0, 0.1) is 5.82 Å². The van der Waals surface area contributed by atoms with Crippen molar-refractivity contribution in [3.05, 3.63) is 40.5 Å². The number of aryl methyl sites for hydroxylation is 1. The molecule has 0 spiro atoms. The van der Waals surface area contributed by atoms with E-state index in [2.05, 4.69) is 17.2 Å². The quantitative estimate of drug-likeness (QED) is 0.837. The predicted octanol–water partition coefficient (Wildman–Crippen LogP) is 3.97. The summed E-state index contributed by atoms with van der Waals surface area (Å²) in [6, 6.07) is 6.48. The molecule has 3 nitrogen and oxygen atoms in total. The lowest BCUT2D eigenvalue weighted by atomic mass is 10.2. The van der Waals surface area contributed by atoms with E-state index in [1.165, 1.54) is 17.0 Å². The number of nitrogens with one attached hydrogen (secondary N) is 1. The molecule has 1 aromatic carbocycles. The number of thiophene rings is 1. The van der Waals surface area contributed by atoms with Crippen LogP contribution in [-0.4, -0.2) is 5.84 Å². The van der Waals surface area contributed by atoms with E-state index in [1.807, 2.05) is 6.07 Å². The van der Waals surface area contributed by atoms with E-state index in [-0.39, 0.29) is 18.2 Å². The smallest absolute Gasteiger partial charge is 0.134 e. The summed E-state index contributed by atoms with van der Waals surface area (Å²) in [5.41, 5.74) is 8.20. The second kappa shape index (κ2) is 5.19. The molecule has 100 valence electrons. The molecule has 2 aromatic rings. The Labute approximate surface area is 120 Å². The van der Waals surface area contributed by atoms with Gasteiger partial charge in [0, 0.05) is 4.88 Å². The van der Waals surface area contributed by atoms with Gasteiger partial charge in [-0.3, -0.25) is 0 Å². The van der Waals surface area contributed by atoms with E-state index < -0.39 is 0 Å². The minimum absolute atomic E-state index is 0. The third-order valence-electron chi connectivity index (χ3n) is 2.86. The summed E-state index contributed by atoms with van der Waals surface area (Å²) < 4.78 is 13.3. The fourth-order valence-corrected chi connectivity index (χ4v) is 2.94. The van der Waals surface area contributed by atoms with Crippen molar-refractivity contribution in [1.82, 2.24) is 0 Å². The first kappa shape index (κ1) is 13.8. The number of nitrogens with zero attached hydrogens (tertiary/aromatic N) is 1. The Morgan fingerprint density at radius 3 is 2.89 bits per heavy atom. The Morgan fingerprint density at radius 2 is 2.16 bits per heavy atom. The molecular weight excluding hydrogens is 285 g/mol. The third-order valence-corrected chi connectivity index (χ3v) is 4.05. The van der Waals surface area contributed by atoms with Crippen LogP contribution >= 0.6 is 23.7 Å². The average Bonchev–Trinajstić information content (AvgIpc) is 2.71. The van der Waals surface area contributed by atoms with Gasteiger partial charge in [0.15, 0.2) is 0 Å². The van der Waals surface area contributed by atoms with Crippen LogP contribution in [0.1, 0.15) is 17.4 Å². The van der Waals surface area contributed by atoms with Crippen molar-refractivity contribution in [2.24, 2.45) is 10.7 Å². The summed E-state index contributed by atoms with van der Waals surface area (Å²) in [7, 11) is 0. The van der Waals surface area contributed by atoms with Gasteiger partial charge in [0.25, 0.3) is 0 Å². The lowest BCUT2D eigenvalue weighted by molar-refractivity contribution is 0.628. The Hall–Kier alpha value is -1.59. The zero-order valence-corrected chi connectivity index (χ0v) is 11.9. The third kappa shape index (κ3) is 2.43. The number of halogens is 2. The van der Waals surface area contributed by atoms with Gasteiger partial charge in [-0.25, -0.2) is 9.38 Å². The highest BCUT2D eigenvalue weighted by Crippen LogP contribution is 2.38. The maximum atomic E-state index is 13.3. The van der Waals surface area contributed by atoms with Crippen molar-refractivity contribution in [3.63, 3.8) is 0 Å². The van der Waals surface area contributed by atoms with Crippen LogP contribution in [0.4, 0.5) is 20.8 Å². The van der Waals surface area contributed by atoms with Crippen LogP contribution in [0.15, 0.2) is 29.3 Å². The molecule has 2 heterocycles. The Kier molecular flexibility index (Phi) is 3.78. The van der Waals surface area contributed by atoms with Gasteiger partial charge in [0.1, 0.15) is 16.7 Å². The highest BCUT2D eigenvalue weighted by atomic mass is 35.5. The first-order valence-corrected chi connectivity index (χ1v) is 6.53. The monoisotopic (exact) mass is 297 g/mol. The molecule has 6 heteroatoms. The molecule has 19 heavy (non-hydrogen) atoms. The molecule has 0 aliphatic carbocycles. The van der Waals surface area contributed by atoms with Crippen LogP contribution in [0.2, 0.25) is 0 Å². The number of aliphatic imine (C=N–C) groups is 1. The number of benzene rings is 1. The molecule has 0 saturated heterocycles. The van der Waals surface area contributed by atoms with E-state index in [0.717, 1.165) is 17.0 Å². The Morgan fingerprint density at radius 1 is 1.37 bits per heavy atom. The molecule has 1 aromatic heterocycles. The summed E-state index contributed by atoms with van der Waals surface area (Å²) in [5, 5.41) is 4.14. The summed E-state index contributed by atoms with van der Waals surface area (Å²) in [6.45, 7) is 2.09. The van der Waals surface area contributed by atoms with E-state index in [9.17, 15) is 4.39 Å². The number of hydrogen-bond acceptors (Lipinski definition) is 4. The fraction of sp³-hybridized carbons (Fsp3) is 0.154. The van der Waals surface area contributed by atoms with Gasteiger partial charge in [-0.05, 0) is 30.7 Å². The number of rotatable bonds is 1. The summed E-state index contributed by atoms with van der Waals surface area (Å²) in [4.78, 5) is 5.57. The molecule has 0 fully saturated rings. The summed E-state index contributed by atoms with van der Waals surface area (Å²) in [6.07, 6.45) is 0.947. The topological polar surface area (TPSA) is 50.4 Å². The lowest BCUT2D eigenvalue weighted by Crippen LogP contribution is -2.11. The van der Waals surface area contributed by atoms with Gasteiger partial charge in [-0.1, -0.05) is 6.92 Å². The van der Waals surface area contributed by atoms with Crippen LogP contribution in [0.5, 0.6) is 0 Å². The predicted molar refractivity (Wildman–Crippen MR) is 81.0 cm³/mol. The molecular formula is C13H13ClFN3S. The van der Waals surface area contributed by atoms with Gasteiger partial charge < -0.3 is 11.1 Å². The van der Waals surface area contributed by atoms with Gasteiger partial charge in [0.2, 0.25) is 0 Å². The van der Waals surface area contributed by atoms with Crippen LogP contribution in [-0.2, 0) is 6.42 Å². The lowest BCUT2D eigenvalue weighted by Gasteiger charge is -2.05. The summed E-state index contributed by atoms with van der Waals surface area (Å²) in [5.74, 6) is 0.185. The largest absolute Gasteiger partial charge is 0.383 e. The van der Waals surface area contributed by atoms with E-state index in [4.69, 9.17) is 5.73 Å². The first-order valence-electron chi connectivity index (χ1n) is 5.71. The minimum atomic E-state index is -0.286. The molecule has 3 N–H and O–H groups in total. The number of anilines is 2. The minimum Gasteiger partial charge on any atom is -0.383 e. The van der Waals surface area contributed by atoms with Crippen molar-refractivity contribution in [3.8, 4) is 0 Å². The number of nitrogens with two attached hydrogens (primary N) is 1. The SMILES string of the molecule is CCc1cc2c(s1)Nc1cc(F)ccc1N=C2N.Cl. The molecule has 0 unspecified atom stereocenters. The molecule has 0 bridgehead atoms. The second-order valence-electron chi connectivity index (χ2n) is 4.09. The Bertz CT molecular complexity index is 651. The molecule has 0 radical (unpaired) electrons. The van der Waals surface area contributed by atoms with E-state index >= 15 is 0 Å². The van der Waals surface area contributed by atoms with Gasteiger partial charge >= 0.3 is 0 Å². The fourth-order valence-electron chi connectivity index (χ4n) is 1.92.